The topological polar surface area (TPSA) is 134 Å². The highest BCUT2D eigenvalue weighted by Crippen LogP contribution is 2.53. The molecule has 3 N–H and O–H groups in total. The first-order valence-electron chi connectivity index (χ1n) is 11.9. The van der Waals surface area contributed by atoms with E-state index in [1.165, 1.54) is 27.6 Å². The van der Waals surface area contributed by atoms with Crippen LogP contribution in [0.2, 0.25) is 0 Å². The molecule has 0 radical (unpaired) electrons. The number of aliphatic hydroxyl groups excluding tert-OH is 1. The van der Waals surface area contributed by atoms with Gasteiger partial charge in [-0.15, -0.1) is 11.8 Å². The summed E-state index contributed by atoms with van der Waals surface area (Å²) in [5, 5.41) is 33.6. The van der Waals surface area contributed by atoms with E-state index in [2.05, 4.69) is 11.4 Å². The summed E-state index contributed by atoms with van der Waals surface area (Å²) in [6.07, 6.45) is -1.46. The lowest BCUT2D eigenvalue weighted by Gasteiger charge is -2.57. The molecule has 4 atom stereocenters. The summed E-state index contributed by atoms with van der Waals surface area (Å²) in [4.78, 5) is 41.8. The van der Waals surface area contributed by atoms with Crippen molar-refractivity contribution in [3.63, 3.8) is 0 Å². The number of nitrogens with one attached hydrogen (secondary N) is 1. The van der Waals surface area contributed by atoms with Crippen molar-refractivity contribution in [1.82, 2.24) is 15.1 Å². The molecule has 10 heteroatoms. The normalized spacial score (nSPS) is 22.5. The summed E-state index contributed by atoms with van der Waals surface area (Å²) in [6.45, 7) is 6.73. The zero-order valence-electron chi connectivity index (χ0n) is 21.1. The van der Waals surface area contributed by atoms with E-state index in [1.807, 2.05) is 37.3 Å². The third-order valence-corrected chi connectivity index (χ3v) is 8.53. The van der Waals surface area contributed by atoms with Gasteiger partial charge >= 0.3 is 0 Å². The van der Waals surface area contributed by atoms with Gasteiger partial charge in [-0.1, -0.05) is 36.4 Å². The number of likely N-dealkylation sites (tertiary alicyclic amines) is 1. The fraction of sp³-hybridized carbons (Fsp3) is 0.407. The molecule has 0 saturated carbocycles. The number of benzene rings is 2. The number of phenolic OH excluding ortho intramolecular Hbond substituents is 1. The van der Waals surface area contributed by atoms with Gasteiger partial charge in [0.15, 0.2) is 6.10 Å². The second kappa shape index (κ2) is 9.72. The molecule has 37 heavy (non-hydrogen) atoms. The van der Waals surface area contributed by atoms with Crippen LogP contribution < -0.4 is 5.32 Å². The lowest BCUT2D eigenvalue weighted by atomic mass is 9.86. The zero-order chi connectivity index (χ0) is 27.1. The minimum Gasteiger partial charge on any atom is -0.508 e. The quantitative estimate of drug-likeness (QED) is 0.475. The van der Waals surface area contributed by atoms with Crippen molar-refractivity contribution in [2.45, 2.75) is 62.7 Å². The van der Waals surface area contributed by atoms with Crippen molar-refractivity contribution >= 4 is 29.5 Å². The van der Waals surface area contributed by atoms with Crippen LogP contribution >= 0.6 is 11.8 Å². The molecule has 4 rings (SSSR count). The molecule has 0 spiro atoms. The number of hydrogen-bond acceptors (Lipinski definition) is 7. The molecular formula is C27H30N4O5S. The minimum absolute atomic E-state index is 0.0365. The van der Waals surface area contributed by atoms with E-state index in [0.717, 1.165) is 5.56 Å². The Morgan fingerprint density at radius 3 is 2.57 bits per heavy atom. The average Bonchev–Trinajstić information content (AvgIpc) is 3.16. The number of amides is 3. The lowest BCUT2D eigenvalue weighted by Crippen LogP contribution is -2.78. The summed E-state index contributed by atoms with van der Waals surface area (Å²) in [5.74, 6) is -1.43. The van der Waals surface area contributed by atoms with Crippen molar-refractivity contribution < 1.29 is 24.6 Å². The van der Waals surface area contributed by atoms with Crippen LogP contribution in [0.3, 0.4) is 0 Å². The third-order valence-electron chi connectivity index (χ3n) is 7.13. The molecule has 2 aliphatic heterocycles. The van der Waals surface area contributed by atoms with E-state index in [4.69, 9.17) is 0 Å². The first kappa shape index (κ1) is 26.5. The molecule has 3 amide bonds. The highest BCUT2D eigenvalue weighted by atomic mass is 32.2. The number of carbonyl (C=O) groups is 3. The highest BCUT2D eigenvalue weighted by Gasteiger charge is 2.68. The smallest absolute Gasteiger partial charge is 0.255 e. The maximum Gasteiger partial charge on any atom is 0.255 e. The van der Waals surface area contributed by atoms with Crippen LogP contribution in [0.5, 0.6) is 5.75 Å². The molecule has 0 aliphatic carbocycles. The van der Waals surface area contributed by atoms with Gasteiger partial charge in [0.25, 0.3) is 17.7 Å². The lowest BCUT2D eigenvalue weighted by molar-refractivity contribution is -0.173. The van der Waals surface area contributed by atoms with Gasteiger partial charge in [-0.05, 0) is 51.8 Å². The summed E-state index contributed by atoms with van der Waals surface area (Å²) in [7, 11) is 0. The van der Waals surface area contributed by atoms with Crippen molar-refractivity contribution in [1.29, 1.82) is 5.26 Å². The number of carbonyl (C=O) groups excluding carboxylic acids is 3. The number of rotatable bonds is 7. The minimum atomic E-state index is -1.63. The Balaban J connectivity index is 1.58. The first-order valence-corrected chi connectivity index (χ1v) is 12.9. The summed E-state index contributed by atoms with van der Waals surface area (Å²) < 4.78 is 0. The van der Waals surface area contributed by atoms with Gasteiger partial charge in [-0.3, -0.25) is 14.4 Å². The Kier molecular flexibility index (Phi) is 6.97. The van der Waals surface area contributed by atoms with Gasteiger partial charge < -0.3 is 25.3 Å². The number of thioether (sulfide) groups is 1. The van der Waals surface area contributed by atoms with E-state index in [9.17, 15) is 29.9 Å². The second-order valence-corrected chi connectivity index (χ2v) is 11.4. The number of phenols is 1. The van der Waals surface area contributed by atoms with Gasteiger partial charge in [-0.2, -0.15) is 5.26 Å². The predicted octanol–water partition coefficient (Wildman–Crippen LogP) is 2.16. The number of nitriles is 1. The monoisotopic (exact) mass is 522 g/mol. The Hall–Kier alpha value is -3.55. The van der Waals surface area contributed by atoms with Gasteiger partial charge in [-0.25, -0.2) is 0 Å². The van der Waals surface area contributed by atoms with Crippen molar-refractivity contribution in [2.24, 2.45) is 0 Å². The van der Waals surface area contributed by atoms with Gasteiger partial charge in [0.2, 0.25) is 0 Å². The van der Waals surface area contributed by atoms with E-state index in [1.54, 1.807) is 32.9 Å². The first-order chi connectivity index (χ1) is 17.4. The molecule has 1 unspecified atom stereocenters. The van der Waals surface area contributed by atoms with E-state index in [-0.39, 0.29) is 29.5 Å². The Morgan fingerprint density at radius 2 is 1.92 bits per heavy atom. The van der Waals surface area contributed by atoms with E-state index in [0.29, 0.717) is 5.56 Å². The predicted molar refractivity (Wildman–Crippen MR) is 138 cm³/mol. The van der Waals surface area contributed by atoms with Crippen molar-refractivity contribution in [2.75, 3.05) is 5.88 Å². The number of fused-ring (bicyclic) bond motifs is 1. The molecule has 2 fully saturated rings. The fourth-order valence-electron chi connectivity index (χ4n) is 5.11. The second-order valence-electron chi connectivity index (χ2n) is 10.0. The Labute approximate surface area is 220 Å². The molecule has 9 nitrogen and oxygen atoms in total. The maximum atomic E-state index is 13.6. The largest absolute Gasteiger partial charge is 0.508 e. The molecule has 0 bridgehead atoms. The van der Waals surface area contributed by atoms with E-state index >= 15 is 0 Å². The van der Waals surface area contributed by atoms with Crippen LogP contribution in [0, 0.1) is 18.3 Å². The number of nitrogens with zero attached hydrogens (tertiary/aromatic N) is 3. The number of hydrogen-bond donors (Lipinski definition) is 3. The average molecular weight is 523 g/mol. The molecular weight excluding hydrogens is 492 g/mol. The molecule has 2 heterocycles. The summed E-state index contributed by atoms with van der Waals surface area (Å²) >= 11 is 1.37. The number of aliphatic hydroxyl groups is 1. The molecule has 2 aliphatic rings. The molecule has 2 aromatic rings. The zero-order valence-corrected chi connectivity index (χ0v) is 22.0. The van der Waals surface area contributed by atoms with Crippen LogP contribution in [-0.2, 0) is 16.0 Å². The molecule has 2 saturated heterocycles. The van der Waals surface area contributed by atoms with E-state index < -0.39 is 40.4 Å². The van der Waals surface area contributed by atoms with Crippen LogP contribution in [0.4, 0.5) is 0 Å². The SMILES string of the molecule is Cc1c(O)cccc1C(=O)N[C@@H](Cc1ccccc1)[C@H](O)C(=O)N1CSC2(C)[C@H]1C(=O)N2C(C)(C)C#N. The summed E-state index contributed by atoms with van der Waals surface area (Å²) in [6, 6.07) is 14.1. The van der Waals surface area contributed by atoms with Gasteiger partial charge in [0.1, 0.15) is 22.2 Å². The highest BCUT2D eigenvalue weighted by molar-refractivity contribution is 8.01. The number of aromatic hydroxyl groups is 1. The Morgan fingerprint density at radius 1 is 1.24 bits per heavy atom. The summed E-state index contributed by atoms with van der Waals surface area (Å²) in [5.41, 5.74) is 0.363. The molecule has 2 aromatic carbocycles. The third kappa shape index (κ3) is 4.54. The van der Waals surface area contributed by atoms with Crippen LogP contribution in [-0.4, -0.2) is 72.2 Å². The molecule has 194 valence electrons. The maximum absolute atomic E-state index is 13.6. The van der Waals surface area contributed by atoms with Crippen LogP contribution in [0.25, 0.3) is 0 Å². The van der Waals surface area contributed by atoms with Crippen LogP contribution in [0.15, 0.2) is 48.5 Å². The fourth-order valence-corrected chi connectivity index (χ4v) is 6.62. The Bertz CT molecular complexity index is 1280. The number of β-lactam (4-membered cyclic amide) rings is 1. The standard InChI is InChI=1S/C27H30N4O5S/c1-16-18(11-8-12-20(16)32)23(34)29-19(13-17-9-6-5-7-10-17)21(33)24(35)30-15-37-27(4)22(30)25(36)31(27)26(2,3)14-28/h5-12,19,21-22,32-33H,13,15H2,1-4H3,(H,29,34)/t19-,21-,22+,27?/m0/s1. The van der Waals surface area contributed by atoms with Crippen LogP contribution in [0.1, 0.15) is 42.3 Å². The van der Waals surface area contributed by atoms with Gasteiger partial charge in [0.05, 0.1) is 18.0 Å². The molecule has 0 aromatic heterocycles. The van der Waals surface area contributed by atoms with Gasteiger partial charge in [0, 0.05) is 11.1 Å². The van der Waals surface area contributed by atoms with Crippen molar-refractivity contribution in [3.8, 4) is 11.8 Å². The van der Waals surface area contributed by atoms with Crippen molar-refractivity contribution in [3.05, 3.63) is 65.2 Å².